The molecule has 174 valence electrons. The predicted octanol–water partition coefficient (Wildman–Crippen LogP) is 4.37. The van der Waals surface area contributed by atoms with E-state index in [1.54, 1.807) is 23.1 Å². The van der Waals surface area contributed by atoms with E-state index in [1.807, 2.05) is 17.7 Å². The Morgan fingerprint density at radius 2 is 1.88 bits per heavy atom. The van der Waals surface area contributed by atoms with Gasteiger partial charge in [-0.25, -0.2) is 18.1 Å². The first-order chi connectivity index (χ1) is 15.4. The van der Waals surface area contributed by atoms with Gasteiger partial charge in [-0.05, 0) is 83.2 Å². The molecule has 1 fully saturated rings. The molecule has 1 aliphatic heterocycles. The normalized spacial score (nSPS) is 16.8. The molecule has 8 heteroatoms. The number of amides is 1. The molecule has 1 amide bonds. The van der Waals surface area contributed by atoms with Crippen LogP contribution in [-0.4, -0.2) is 41.9 Å². The average Bonchev–Trinajstić information content (AvgIpc) is 3.54. The molecule has 5 rings (SSSR count). The zero-order chi connectivity index (χ0) is 23.7. The highest BCUT2D eigenvalue weighted by molar-refractivity contribution is 7.90. The largest absolute Gasteiger partial charge is 0.308 e. The van der Waals surface area contributed by atoms with Gasteiger partial charge in [0.25, 0.3) is 5.91 Å². The number of fused-ring (bicyclic) bond motifs is 2. The van der Waals surface area contributed by atoms with Gasteiger partial charge in [0, 0.05) is 30.1 Å². The van der Waals surface area contributed by atoms with Crippen molar-refractivity contribution < 1.29 is 13.2 Å². The van der Waals surface area contributed by atoms with Crippen molar-refractivity contribution in [2.75, 3.05) is 17.7 Å². The zero-order valence-electron chi connectivity index (χ0n) is 19.8. The molecule has 0 saturated heterocycles. The van der Waals surface area contributed by atoms with E-state index in [-0.39, 0.29) is 11.4 Å². The smallest absolute Gasteiger partial charge is 0.259 e. The Morgan fingerprint density at radius 3 is 2.52 bits per heavy atom. The second-order valence-corrected chi connectivity index (χ2v) is 12.4. The molecule has 0 atom stereocenters. The lowest BCUT2D eigenvalue weighted by atomic mass is 9.99. The monoisotopic (exact) mass is 466 g/mol. The van der Waals surface area contributed by atoms with Gasteiger partial charge in [0.2, 0.25) is 0 Å². The Balaban J connectivity index is 1.66. The molecular weight excluding hydrogens is 436 g/mol. The summed E-state index contributed by atoms with van der Waals surface area (Å²) < 4.78 is 26.0. The number of rotatable bonds is 3. The Morgan fingerprint density at radius 1 is 1.15 bits per heavy atom. The van der Waals surface area contributed by atoms with Crippen LogP contribution in [0, 0.1) is 6.92 Å². The maximum absolute atomic E-state index is 14.0. The van der Waals surface area contributed by atoms with Crippen LogP contribution < -0.4 is 4.90 Å². The molecule has 0 N–H and O–H groups in total. The van der Waals surface area contributed by atoms with E-state index in [2.05, 4.69) is 20.8 Å². The zero-order valence-corrected chi connectivity index (χ0v) is 20.7. The first kappa shape index (κ1) is 22.1. The van der Waals surface area contributed by atoms with Crippen molar-refractivity contribution in [2.24, 2.45) is 0 Å². The minimum atomic E-state index is -3.30. The molecule has 0 bridgehead atoms. The number of carbonyl (C=O) groups is 1. The van der Waals surface area contributed by atoms with E-state index in [4.69, 9.17) is 10.1 Å². The Bertz CT molecular complexity index is 1400. The molecule has 2 aliphatic rings. The van der Waals surface area contributed by atoms with Gasteiger partial charge in [0.1, 0.15) is 0 Å². The van der Waals surface area contributed by atoms with Gasteiger partial charge in [-0.1, -0.05) is 0 Å². The van der Waals surface area contributed by atoms with Crippen molar-refractivity contribution in [1.29, 1.82) is 0 Å². The van der Waals surface area contributed by atoms with Crippen molar-refractivity contribution in [1.82, 2.24) is 14.8 Å². The van der Waals surface area contributed by atoms with Crippen LogP contribution >= 0.6 is 0 Å². The van der Waals surface area contributed by atoms with Gasteiger partial charge in [-0.3, -0.25) is 4.79 Å². The van der Waals surface area contributed by atoms with Gasteiger partial charge in [0.05, 0.1) is 27.1 Å². The molecule has 1 saturated carbocycles. The number of pyridine rings is 1. The van der Waals surface area contributed by atoms with Crippen LogP contribution in [0.5, 0.6) is 0 Å². The van der Waals surface area contributed by atoms with Crippen molar-refractivity contribution in [2.45, 2.75) is 69.7 Å². The van der Waals surface area contributed by atoms with Gasteiger partial charge in [-0.15, -0.1) is 0 Å². The van der Waals surface area contributed by atoms with Crippen LogP contribution in [0.3, 0.4) is 0 Å². The molecule has 0 radical (unpaired) electrons. The minimum Gasteiger partial charge on any atom is -0.308 e. The third-order valence-electron chi connectivity index (χ3n) is 6.54. The summed E-state index contributed by atoms with van der Waals surface area (Å²) in [6, 6.07) is 7.04. The molecule has 2 aromatic heterocycles. The van der Waals surface area contributed by atoms with Crippen LogP contribution in [0.1, 0.15) is 73.3 Å². The third-order valence-corrected chi connectivity index (χ3v) is 7.65. The Hall–Kier alpha value is -2.74. The quantitative estimate of drug-likeness (QED) is 0.572. The lowest BCUT2D eigenvalue weighted by molar-refractivity contribution is 0.0986. The molecule has 3 heterocycles. The fraction of sp³-hybridized carbons (Fsp3) is 0.480. The van der Waals surface area contributed by atoms with Crippen molar-refractivity contribution in [3.05, 3.63) is 46.8 Å². The van der Waals surface area contributed by atoms with Crippen LogP contribution in [0.15, 0.2) is 29.2 Å². The van der Waals surface area contributed by atoms with Gasteiger partial charge in [-0.2, -0.15) is 5.10 Å². The summed E-state index contributed by atoms with van der Waals surface area (Å²) in [7, 11) is -3.30. The number of aryl methyl sites for hydroxylation is 2. The maximum atomic E-state index is 14.0. The summed E-state index contributed by atoms with van der Waals surface area (Å²) in [4.78, 5) is 21.1. The number of nitrogens with zero attached hydrogens (tertiary/aromatic N) is 4. The summed E-state index contributed by atoms with van der Waals surface area (Å²) >= 11 is 0. The molecule has 33 heavy (non-hydrogen) atoms. The number of hydrogen-bond acceptors (Lipinski definition) is 5. The van der Waals surface area contributed by atoms with Crippen LogP contribution in [0.4, 0.5) is 5.69 Å². The minimum absolute atomic E-state index is 0.0751. The van der Waals surface area contributed by atoms with Gasteiger partial charge >= 0.3 is 0 Å². The van der Waals surface area contributed by atoms with E-state index in [9.17, 15) is 13.2 Å². The highest BCUT2D eigenvalue weighted by Crippen LogP contribution is 2.41. The number of benzene rings is 1. The van der Waals surface area contributed by atoms with E-state index >= 15 is 0 Å². The second kappa shape index (κ2) is 7.38. The fourth-order valence-electron chi connectivity index (χ4n) is 4.69. The summed E-state index contributed by atoms with van der Waals surface area (Å²) in [5, 5.41) is 5.57. The summed E-state index contributed by atoms with van der Waals surface area (Å²) in [6.45, 7) is 8.80. The summed E-state index contributed by atoms with van der Waals surface area (Å²) in [5.41, 5.74) is 4.57. The molecule has 7 nitrogen and oxygen atoms in total. The summed E-state index contributed by atoms with van der Waals surface area (Å²) in [6.07, 6.45) is 4.94. The standard InChI is InChI=1S/C25H30N4O3S/c1-15-22-19(14-20(16-8-9-16)26-23(22)29(27-15)25(2,3)4)24(30)28-12-6-7-17-13-18(33(5,31)32)10-11-21(17)28/h10-11,13-14,16H,6-9,12H2,1-5H3. The lowest BCUT2D eigenvalue weighted by Crippen LogP contribution is -2.36. The van der Waals surface area contributed by atoms with Gasteiger partial charge in [0.15, 0.2) is 15.5 Å². The first-order valence-electron chi connectivity index (χ1n) is 11.5. The SMILES string of the molecule is Cc1nn(C(C)(C)C)c2nc(C3CC3)cc(C(=O)N3CCCc4cc(S(C)(=O)=O)ccc43)c12. The molecule has 0 unspecified atom stereocenters. The molecule has 1 aromatic carbocycles. The number of carbonyl (C=O) groups excluding carboxylic acids is 1. The van der Waals surface area contributed by atoms with E-state index in [0.717, 1.165) is 59.4 Å². The highest BCUT2D eigenvalue weighted by atomic mass is 32.2. The van der Waals surface area contributed by atoms with E-state index < -0.39 is 9.84 Å². The number of aromatic nitrogens is 3. The summed E-state index contributed by atoms with van der Waals surface area (Å²) in [5.74, 6) is 0.324. The first-order valence-corrected chi connectivity index (χ1v) is 13.4. The number of hydrogen-bond donors (Lipinski definition) is 0. The number of anilines is 1. The molecule has 3 aromatic rings. The average molecular weight is 467 g/mol. The van der Waals surface area contributed by atoms with Crippen LogP contribution in [-0.2, 0) is 21.8 Å². The predicted molar refractivity (Wildman–Crippen MR) is 129 cm³/mol. The van der Waals surface area contributed by atoms with Crippen molar-refractivity contribution >= 4 is 32.5 Å². The van der Waals surface area contributed by atoms with Crippen molar-refractivity contribution in [3.63, 3.8) is 0 Å². The fourth-order valence-corrected chi connectivity index (χ4v) is 5.36. The maximum Gasteiger partial charge on any atom is 0.259 e. The molecular formula is C25H30N4O3S. The van der Waals surface area contributed by atoms with Crippen LogP contribution in [0.2, 0.25) is 0 Å². The van der Waals surface area contributed by atoms with E-state index in [1.165, 1.54) is 6.26 Å². The van der Waals surface area contributed by atoms with E-state index in [0.29, 0.717) is 22.9 Å². The third kappa shape index (κ3) is 3.84. The Kier molecular flexibility index (Phi) is 4.94. The second-order valence-electron chi connectivity index (χ2n) is 10.4. The molecule has 1 aliphatic carbocycles. The topological polar surface area (TPSA) is 85.2 Å². The highest BCUT2D eigenvalue weighted by Gasteiger charge is 2.33. The number of sulfone groups is 1. The lowest BCUT2D eigenvalue weighted by Gasteiger charge is -2.30. The van der Waals surface area contributed by atoms with Crippen LogP contribution in [0.25, 0.3) is 11.0 Å². The van der Waals surface area contributed by atoms with Gasteiger partial charge < -0.3 is 4.90 Å². The molecule has 0 spiro atoms. The van der Waals surface area contributed by atoms with Crippen molar-refractivity contribution in [3.8, 4) is 0 Å². The Labute approximate surface area is 194 Å².